The van der Waals surface area contributed by atoms with Gasteiger partial charge in [0.15, 0.2) is 0 Å². The number of nitrogens with zero attached hydrogens (tertiary/aromatic N) is 1. The second-order valence-electron chi connectivity index (χ2n) is 8.05. The lowest BCUT2D eigenvalue weighted by Crippen LogP contribution is -2.35. The molecule has 0 aromatic heterocycles. The van der Waals surface area contributed by atoms with E-state index in [0.29, 0.717) is 72.4 Å². The predicted molar refractivity (Wildman–Crippen MR) is 131 cm³/mol. The van der Waals surface area contributed by atoms with E-state index in [1.165, 1.54) is 12.2 Å². The number of aliphatic hydroxyl groups excluding tert-OH is 1. The lowest BCUT2D eigenvalue weighted by atomic mass is 10.3. The molecule has 214 valence electrons. The topological polar surface area (TPSA) is 151 Å². The average Bonchev–Trinajstić information content (AvgIpc) is 3.21. The summed E-state index contributed by atoms with van der Waals surface area (Å²) in [5.41, 5.74) is 0. The van der Waals surface area contributed by atoms with E-state index >= 15 is 0 Å². The molecule has 37 heavy (non-hydrogen) atoms. The third-order valence-corrected chi connectivity index (χ3v) is 4.92. The van der Waals surface area contributed by atoms with Gasteiger partial charge in [-0.1, -0.05) is 0 Å². The van der Waals surface area contributed by atoms with E-state index in [9.17, 15) is 19.5 Å². The number of nitrogens with one attached hydrogen (secondary N) is 1. The number of hydrogen-bond donors (Lipinski definition) is 2. The van der Waals surface area contributed by atoms with Crippen molar-refractivity contribution in [3.8, 4) is 0 Å². The summed E-state index contributed by atoms with van der Waals surface area (Å²) < 4.78 is 37.5. The minimum atomic E-state index is -0.780. The molecule has 2 N–H and O–H groups in total. The van der Waals surface area contributed by atoms with Crippen LogP contribution in [0.2, 0.25) is 0 Å². The molecule has 0 fully saturated rings. The number of amides is 3. The van der Waals surface area contributed by atoms with E-state index in [4.69, 9.17) is 33.2 Å². The summed E-state index contributed by atoms with van der Waals surface area (Å²) in [6, 6.07) is 0. The molecule has 0 spiro atoms. The van der Waals surface area contributed by atoms with E-state index in [1.54, 1.807) is 14.2 Å². The van der Waals surface area contributed by atoms with Crippen molar-refractivity contribution in [2.75, 3.05) is 100.0 Å². The molecule has 13 heteroatoms. The highest BCUT2D eigenvalue weighted by Gasteiger charge is 2.23. The largest absolute Gasteiger partial charge is 0.388 e. The van der Waals surface area contributed by atoms with Gasteiger partial charge in [-0.2, -0.15) is 0 Å². The van der Waals surface area contributed by atoms with Crippen molar-refractivity contribution in [3.63, 3.8) is 0 Å². The van der Waals surface area contributed by atoms with Crippen LogP contribution in [0.5, 0.6) is 0 Å². The number of rotatable bonds is 25. The van der Waals surface area contributed by atoms with Crippen LogP contribution in [-0.2, 0) is 47.5 Å². The Kier molecular flexibility index (Phi) is 19.7. The van der Waals surface area contributed by atoms with Crippen LogP contribution in [0.4, 0.5) is 0 Å². The monoisotopic (exact) mass is 534 g/mol. The highest BCUT2D eigenvalue weighted by molar-refractivity contribution is 6.13. The van der Waals surface area contributed by atoms with Gasteiger partial charge >= 0.3 is 0 Å². The maximum atomic E-state index is 11.8. The summed E-state index contributed by atoms with van der Waals surface area (Å²) in [5.74, 6) is -1.06. The molecule has 1 aliphatic heterocycles. The second kappa shape index (κ2) is 22.1. The summed E-state index contributed by atoms with van der Waals surface area (Å²) in [5, 5.41) is 12.6. The van der Waals surface area contributed by atoms with Gasteiger partial charge in [0.1, 0.15) is 12.2 Å². The summed E-state index contributed by atoms with van der Waals surface area (Å²) in [4.78, 5) is 35.7. The van der Waals surface area contributed by atoms with Crippen LogP contribution in [0.25, 0.3) is 0 Å². The maximum absolute atomic E-state index is 11.8. The Morgan fingerprint density at radius 3 is 2.00 bits per heavy atom. The van der Waals surface area contributed by atoms with Gasteiger partial charge in [-0.05, 0) is 6.42 Å². The van der Waals surface area contributed by atoms with Crippen LogP contribution >= 0.6 is 0 Å². The fourth-order valence-corrected chi connectivity index (χ4v) is 2.97. The van der Waals surface area contributed by atoms with Crippen LogP contribution < -0.4 is 5.32 Å². The Bertz CT molecular complexity index is 645. The van der Waals surface area contributed by atoms with E-state index in [2.05, 4.69) is 5.32 Å². The standard InChI is InChI=1S/C24H42N2O11/c1-31-10-12-35-18-21(37-15-11-32-2)19-36-14-13-34-17-20(27)16-33-9-3-7-25-22(28)6-8-26-23(29)4-5-24(26)30/h4-5,20-21,27H,3,6-19H2,1-2H3,(H,25,28). The van der Waals surface area contributed by atoms with Crippen LogP contribution in [0.3, 0.4) is 0 Å². The highest BCUT2D eigenvalue weighted by Crippen LogP contribution is 2.04. The molecule has 3 amide bonds. The smallest absolute Gasteiger partial charge is 0.253 e. The van der Waals surface area contributed by atoms with Crippen LogP contribution in [0, 0.1) is 0 Å². The third-order valence-electron chi connectivity index (χ3n) is 4.92. The molecular weight excluding hydrogens is 492 g/mol. The number of ether oxygens (including phenoxy) is 7. The minimum Gasteiger partial charge on any atom is -0.388 e. The predicted octanol–water partition coefficient (Wildman–Crippen LogP) is -1.09. The van der Waals surface area contributed by atoms with Gasteiger partial charge in [0.05, 0.1) is 66.1 Å². The molecule has 0 saturated carbocycles. The molecule has 13 nitrogen and oxygen atoms in total. The first-order valence-electron chi connectivity index (χ1n) is 12.4. The van der Waals surface area contributed by atoms with Crippen molar-refractivity contribution < 1.29 is 52.6 Å². The Labute approximate surface area is 218 Å². The maximum Gasteiger partial charge on any atom is 0.253 e. The van der Waals surface area contributed by atoms with Crippen LogP contribution in [0.15, 0.2) is 12.2 Å². The SMILES string of the molecule is COCCOCC(COCCOCC(O)COCCCNC(=O)CCN1C(=O)C=CC1=O)OCCOC. The van der Waals surface area contributed by atoms with Crippen molar-refractivity contribution in [2.45, 2.75) is 25.0 Å². The third kappa shape index (κ3) is 17.2. The number of methoxy groups -OCH3 is 2. The number of carbonyl (C=O) groups excluding carboxylic acids is 3. The molecule has 0 aromatic rings. The van der Waals surface area contributed by atoms with Crippen molar-refractivity contribution in [2.24, 2.45) is 0 Å². The molecule has 2 atom stereocenters. The van der Waals surface area contributed by atoms with E-state index in [0.717, 1.165) is 4.90 Å². The minimum absolute atomic E-state index is 0.0451. The zero-order chi connectivity index (χ0) is 27.1. The van der Waals surface area contributed by atoms with E-state index in [1.807, 2.05) is 0 Å². The summed E-state index contributed by atoms with van der Waals surface area (Å²) in [6.07, 6.45) is 1.96. The number of imide groups is 1. The molecule has 0 bridgehead atoms. The van der Waals surface area contributed by atoms with Gasteiger partial charge in [-0.15, -0.1) is 0 Å². The summed E-state index contributed by atoms with van der Waals surface area (Å²) in [6.45, 7) is 4.27. The molecular formula is C24H42N2O11. The van der Waals surface area contributed by atoms with E-state index in [-0.39, 0.29) is 38.2 Å². The van der Waals surface area contributed by atoms with Crippen molar-refractivity contribution >= 4 is 17.7 Å². The first-order valence-corrected chi connectivity index (χ1v) is 12.4. The average molecular weight is 535 g/mol. The van der Waals surface area contributed by atoms with Gasteiger partial charge in [-0.3, -0.25) is 19.3 Å². The molecule has 0 radical (unpaired) electrons. The molecule has 0 saturated heterocycles. The zero-order valence-electron chi connectivity index (χ0n) is 21.9. The zero-order valence-corrected chi connectivity index (χ0v) is 21.9. The van der Waals surface area contributed by atoms with Crippen LogP contribution in [0.1, 0.15) is 12.8 Å². The quantitative estimate of drug-likeness (QED) is 0.109. The molecule has 1 aliphatic rings. The van der Waals surface area contributed by atoms with Gasteiger partial charge in [0, 0.05) is 52.5 Å². The molecule has 0 aromatic carbocycles. The molecule has 2 unspecified atom stereocenters. The van der Waals surface area contributed by atoms with Crippen molar-refractivity contribution in [1.82, 2.24) is 10.2 Å². The van der Waals surface area contributed by atoms with E-state index < -0.39 is 17.9 Å². The first kappa shape index (κ1) is 33.1. The molecule has 0 aliphatic carbocycles. The highest BCUT2D eigenvalue weighted by atomic mass is 16.6. The summed E-state index contributed by atoms with van der Waals surface area (Å²) >= 11 is 0. The fourth-order valence-electron chi connectivity index (χ4n) is 2.97. The Hall–Kier alpha value is -1.97. The Balaban J connectivity index is 1.97. The fraction of sp³-hybridized carbons (Fsp3) is 0.792. The molecule has 1 rings (SSSR count). The summed E-state index contributed by atoms with van der Waals surface area (Å²) in [7, 11) is 3.21. The lowest BCUT2D eigenvalue weighted by Gasteiger charge is -2.18. The Morgan fingerprint density at radius 1 is 0.838 bits per heavy atom. The molecule has 1 heterocycles. The number of carbonyl (C=O) groups is 3. The Morgan fingerprint density at radius 2 is 1.38 bits per heavy atom. The number of hydrogen-bond acceptors (Lipinski definition) is 11. The lowest BCUT2D eigenvalue weighted by molar-refractivity contribution is -0.137. The van der Waals surface area contributed by atoms with Crippen molar-refractivity contribution in [1.29, 1.82) is 0 Å². The van der Waals surface area contributed by atoms with Gasteiger partial charge in [0.2, 0.25) is 5.91 Å². The van der Waals surface area contributed by atoms with Gasteiger partial charge in [0.25, 0.3) is 11.8 Å². The second-order valence-corrected chi connectivity index (χ2v) is 8.05. The van der Waals surface area contributed by atoms with Gasteiger partial charge < -0.3 is 43.6 Å². The van der Waals surface area contributed by atoms with Crippen molar-refractivity contribution in [3.05, 3.63) is 12.2 Å². The first-order chi connectivity index (χ1) is 18.0. The number of aliphatic hydroxyl groups is 1. The van der Waals surface area contributed by atoms with Crippen LogP contribution in [-0.4, -0.2) is 140 Å². The normalized spacial score (nSPS) is 14.9. The van der Waals surface area contributed by atoms with Gasteiger partial charge in [-0.25, -0.2) is 0 Å².